The molecular formula is C27H29N5O3. The van der Waals surface area contributed by atoms with Crippen molar-refractivity contribution in [3.8, 4) is 33.9 Å². The predicted octanol–water partition coefficient (Wildman–Crippen LogP) is 4.39. The highest BCUT2D eigenvalue weighted by molar-refractivity contribution is 6.02. The fraction of sp³-hybridized carbons (Fsp3) is 0.222. The fourth-order valence-corrected chi connectivity index (χ4v) is 3.75. The van der Waals surface area contributed by atoms with Gasteiger partial charge in [0.2, 0.25) is 11.8 Å². The van der Waals surface area contributed by atoms with Crippen molar-refractivity contribution in [2.45, 2.75) is 0 Å². The summed E-state index contributed by atoms with van der Waals surface area (Å²) in [4.78, 5) is 28.4. The van der Waals surface area contributed by atoms with Crippen LogP contribution in [0.3, 0.4) is 0 Å². The van der Waals surface area contributed by atoms with E-state index >= 15 is 0 Å². The summed E-state index contributed by atoms with van der Waals surface area (Å²) in [6.07, 6.45) is 8.90. The normalized spacial score (nSPS) is 11.4. The second-order valence-electron chi connectivity index (χ2n) is 8.39. The monoisotopic (exact) mass is 471 g/mol. The number of aromatic amines is 1. The number of anilines is 1. The number of nitrogens with one attached hydrogen (secondary N) is 1. The first-order chi connectivity index (χ1) is 16.9. The second-order valence-corrected chi connectivity index (χ2v) is 8.39. The molecule has 8 heteroatoms. The van der Waals surface area contributed by atoms with E-state index in [1.54, 1.807) is 38.4 Å². The Hall–Kier alpha value is -4.17. The number of pyridine rings is 2. The maximum Gasteiger partial charge on any atom is 0.250 e. The molecule has 0 atom stereocenters. The second kappa shape index (κ2) is 10.4. The maximum absolute atomic E-state index is 12.7. The molecule has 0 aliphatic rings. The number of methoxy groups -OCH3 is 2. The Morgan fingerprint density at radius 3 is 2.57 bits per heavy atom. The van der Waals surface area contributed by atoms with Crippen LogP contribution in [0.15, 0.2) is 67.1 Å². The molecule has 8 nitrogen and oxygen atoms in total. The van der Waals surface area contributed by atoms with Crippen LogP contribution in [0.4, 0.5) is 5.69 Å². The first-order valence-electron chi connectivity index (χ1n) is 11.2. The molecule has 0 spiro atoms. The van der Waals surface area contributed by atoms with Crippen molar-refractivity contribution >= 4 is 22.6 Å². The van der Waals surface area contributed by atoms with Crippen molar-refractivity contribution in [2.75, 3.05) is 46.8 Å². The third-order valence-corrected chi connectivity index (χ3v) is 5.70. The topological polar surface area (TPSA) is 83.6 Å². The zero-order valence-electron chi connectivity index (χ0n) is 20.6. The molecule has 4 rings (SSSR count). The highest BCUT2D eigenvalue weighted by atomic mass is 16.5. The predicted molar refractivity (Wildman–Crippen MR) is 139 cm³/mol. The summed E-state index contributed by atoms with van der Waals surface area (Å²) in [5.74, 6) is 1.09. The molecule has 1 aromatic carbocycles. The Bertz CT molecular complexity index is 1380. The Morgan fingerprint density at radius 2 is 1.83 bits per heavy atom. The van der Waals surface area contributed by atoms with Crippen LogP contribution in [0.25, 0.3) is 33.3 Å². The van der Waals surface area contributed by atoms with Crippen molar-refractivity contribution in [3.05, 3.63) is 67.1 Å². The quantitative estimate of drug-likeness (QED) is 0.384. The van der Waals surface area contributed by atoms with E-state index < -0.39 is 0 Å². The SMILES string of the molecule is COc1cc(-c2cnc3[nH]cc(-c4ccnc(OC)c4)c3c2)cc(N(C)C(=O)/C=C/CN(C)C)c1. The molecule has 1 N–H and O–H groups in total. The van der Waals surface area contributed by atoms with Crippen LogP contribution in [0.2, 0.25) is 0 Å². The summed E-state index contributed by atoms with van der Waals surface area (Å²) in [6.45, 7) is 0.691. The number of aromatic nitrogens is 3. The van der Waals surface area contributed by atoms with E-state index in [0.29, 0.717) is 18.2 Å². The first kappa shape index (κ1) is 24.0. The lowest BCUT2D eigenvalue weighted by atomic mass is 10.0. The van der Waals surface area contributed by atoms with Gasteiger partial charge in [-0.3, -0.25) is 4.79 Å². The van der Waals surface area contributed by atoms with Crippen LogP contribution in [-0.4, -0.2) is 67.7 Å². The average Bonchev–Trinajstić information content (AvgIpc) is 3.31. The van der Waals surface area contributed by atoms with Crippen LogP contribution < -0.4 is 14.4 Å². The number of hydrogen-bond donors (Lipinski definition) is 1. The lowest BCUT2D eigenvalue weighted by molar-refractivity contribution is -0.113. The minimum atomic E-state index is -0.112. The minimum Gasteiger partial charge on any atom is -0.497 e. The molecule has 1 amide bonds. The van der Waals surface area contributed by atoms with Gasteiger partial charge in [-0.25, -0.2) is 9.97 Å². The fourth-order valence-electron chi connectivity index (χ4n) is 3.75. The van der Waals surface area contributed by atoms with E-state index in [0.717, 1.165) is 39.0 Å². The van der Waals surface area contributed by atoms with Gasteiger partial charge >= 0.3 is 0 Å². The maximum atomic E-state index is 12.7. The number of carbonyl (C=O) groups is 1. The largest absolute Gasteiger partial charge is 0.497 e. The lowest BCUT2D eigenvalue weighted by Gasteiger charge is -2.18. The van der Waals surface area contributed by atoms with E-state index in [4.69, 9.17) is 9.47 Å². The Morgan fingerprint density at radius 1 is 1.00 bits per heavy atom. The molecule has 3 aromatic heterocycles. The van der Waals surface area contributed by atoms with Crippen LogP contribution in [0.1, 0.15) is 0 Å². The van der Waals surface area contributed by atoms with Gasteiger partial charge in [0.05, 0.1) is 14.2 Å². The molecule has 0 radical (unpaired) electrons. The van der Waals surface area contributed by atoms with E-state index in [9.17, 15) is 4.79 Å². The summed E-state index contributed by atoms with van der Waals surface area (Å²) in [5, 5.41) is 0.969. The van der Waals surface area contributed by atoms with Gasteiger partial charge in [0.25, 0.3) is 0 Å². The molecule has 0 unspecified atom stereocenters. The van der Waals surface area contributed by atoms with Crippen LogP contribution in [0, 0.1) is 0 Å². The number of carbonyl (C=O) groups excluding carboxylic acids is 1. The van der Waals surface area contributed by atoms with Gasteiger partial charge in [0.1, 0.15) is 11.4 Å². The molecule has 3 heterocycles. The van der Waals surface area contributed by atoms with E-state index in [2.05, 4.69) is 21.0 Å². The van der Waals surface area contributed by atoms with Gasteiger partial charge in [-0.15, -0.1) is 0 Å². The van der Waals surface area contributed by atoms with Crippen LogP contribution in [0.5, 0.6) is 11.6 Å². The molecule has 35 heavy (non-hydrogen) atoms. The molecule has 0 aliphatic carbocycles. The number of ether oxygens (including phenoxy) is 2. The standard InChI is InChI=1S/C27H29N5O3/c1-31(2)10-6-7-26(33)32(3)21-11-19(12-22(15-21)34-4)20-13-23-24(17-30-27(23)29-16-20)18-8-9-28-25(14-18)35-5/h6-9,11-17H,10H2,1-5H3,(H,29,30)/b7-6+. The van der Waals surface area contributed by atoms with E-state index in [1.807, 2.05) is 67.8 Å². The Kier molecular flexibility index (Phi) is 7.12. The number of H-pyrrole nitrogens is 1. The van der Waals surface area contributed by atoms with Crippen molar-refractivity contribution in [1.82, 2.24) is 19.9 Å². The highest BCUT2D eigenvalue weighted by Gasteiger charge is 2.14. The number of nitrogens with zero attached hydrogens (tertiary/aromatic N) is 4. The molecule has 0 aliphatic heterocycles. The molecule has 0 fully saturated rings. The molecule has 0 saturated heterocycles. The Labute approximate surface area is 204 Å². The zero-order valence-corrected chi connectivity index (χ0v) is 20.6. The van der Waals surface area contributed by atoms with Gasteiger partial charge in [-0.1, -0.05) is 6.08 Å². The van der Waals surface area contributed by atoms with Crippen molar-refractivity contribution < 1.29 is 14.3 Å². The molecule has 180 valence electrons. The zero-order chi connectivity index (χ0) is 24.9. The number of likely N-dealkylation sites (N-methyl/N-ethyl adjacent to an activating group) is 2. The summed E-state index contributed by atoms with van der Waals surface area (Å²) in [7, 11) is 8.88. The molecule has 0 saturated carbocycles. The van der Waals surface area contributed by atoms with Crippen molar-refractivity contribution in [2.24, 2.45) is 0 Å². The van der Waals surface area contributed by atoms with Gasteiger partial charge in [-0.2, -0.15) is 0 Å². The molecule has 4 aromatic rings. The van der Waals surface area contributed by atoms with Crippen molar-refractivity contribution in [1.29, 1.82) is 0 Å². The van der Waals surface area contributed by atoms with Gasteiger partial charge in [0, 0.05) is 72.6 Å². The average molecular weight is 472 g/mol. The summed E-state index contributed by atoms with van der Waals surface area (Å²) in [5.41, 5.74) is 5.28. The van der Waals surface area contributed by atoms with Crippen LogP contribution in [-0.2, 0) is 4.79 Å². The van der Waals surface area contributed by atoms with Gasteiger partial charge in [0.15, 0.2) is 0 Å². The first-order valence-corrected chi connectivity index (χ1v) is 11.2. The number of fused-ring (bicyclic) bond motifs is 1. The van der Waals surface area contributed by atoms with E-state index in [1.165, 1.54) is 0 Å². The third kappa shape index (κ3) is 5.33. The number of hydrogen-bond acceptors (Lipinski definition) is 6. The van der Waals surface area contributed by atoms with Gasteiger partial charge < -0.3 is 24.3 Å². The molecule has 0 bridgehead atoms. The third-order valence-electron chi connectivity index (χ3n) is 5.70. The smallest absolute Gasteiger partial charge is 0.250 e. The van der Waals surface area contributed by atoms with E-state index in [-0.39, 0.29) is 5.91 Å². The summed E-state index contributed by atoms with van der Waals surface area (Å²) in [6, 6.07) is 11.7. The van der Waals surface area contributed by atoms with Crippen LogP contribution >= 0.6 is 0 Å². The number of benzene rings is 1. The van der Waals surface area contributed by atoms with Crippen molar-refractivity contribution in [3.63, 3.8) is 0 Å². The number of rotatable bonds is 8. The highest BCUT2D eigenvalue weighted by Crippen LogP contribution is 2.34. The van der Waals surface area contributed by atoms with Gasteiger partial charge in [-0.05, 0) is 49.5 Å². The summed E-state index contributed by atoms with van der Waals surface area (Å²) >= 11 is 0. The minimum absolute atomic E-state index is 0.112. The lowest BCUT2D eigenvalue weighted by Crippen LogP contribution is -2.24. The molecular weight excluding hydrogens is 442 g/mol. The summed E-state index contributed by atoms with van der Waals surface area (Å²) < 4.78 is 10.8. The Balaban J connectivity index is 1.72. The number of amides is 1.